The molecule has 1 amide bonds. The maximum atomic E-state index is 12.5. The van der Waals surface area contributed by atoms with Crippen molar-refractivity contribution < 1.29 is 14.7 Å². The van der Waals surface area contributed by atoms with Gasteiger partial charge < -0.3 is 15.3 Å². The molecule has 1 aliphatic heterocycles. The Morgan fingerprint density at radius 1 is 1.22 bits per heavy atom. The van der Waals surface area contributed by atoms with Crippen molar-refractivity contribution in [2.75, 3.05) is 23.3 Å². The molecule has 6 nitrogen and oxygen atoms in total. The Kier molecular flexibility index (Phi) is 6.06. The summed E-state index contributed by atoms with van der Waals surface area (Å²) in [7, 11) is 0. The molecule has 0 atom stereocenters. The number of carbonyl (C=O) groups excluding carboxylic acids is 1. The summed E-state index contributed by atoms with van der Waals surface area (Å²) in [6.07, 6.45) is 4.45. The van der Waals surface area contributed by atoms with Gasteiger partial charge in [0.2, 0.25) is 0 Å². The molecule has 0 aliphatic carbocycles. The van der Waals surface area contributed by atoms with Crippen LogP contribution in [0.4, 0.5) is 11.5 Å². The lowest BCUT2D eigenvalue weighted by Gasteiger charge is -2.31. The molecule has 27 heavy (non-hydrogen) atoms. The summed E-state index contributed by atoms with van der Waals surface area (Å²) in [5.41, 5.74) is 2.03. The van der Waals surface area contributed by atoms with Gasteiger partial charge in [0.15, 0.2) is 0 Å². The molecule has 1 aromatic heterocycles. The average molecular weight is 367 g/mol. The topological polar surface area (TPSA) is 82.5 Å². The summed E-state index contributed by atoms with van der Waals surface area (Å²) in [5.74, 6) is 0.613. The lowest BCUT2D eigenvalue weighted by Crippen LogP contribution is -2.33. The van der Waals surface area contributed by atoms with E-state index in [-0.39, 0.29) is 12.3 Å². The lowest BCUT2D eigenvalue weighted by molar-refractivity contribution is -0.136. The number of aryl methyl sites for hydroxylation is 1. The Morgan fingerprint density at radius 2 is 2.00 bits per heavy atom. The number of anilines is 2. The number of aromatic nitrogens is 1. The molecule has 142 valence electrons. The van der Waals surface area contributed by atoms with Crippen LogP contribution in [-0.2, 0) is 11.2 Å². The van der Waals surface area contributed by atoms with Crippen LogP contribution in [0.1, 0.15) is 42.1 Å². The number of benzene rings is 1. The van der Waals surface area contributed by atoms with Crippen molar-refractivity contribution in [2.45, 2.75) is 32.6 Å². The summed E-state index contributed by atoms with van der Waals surface area (Å²) in [6, 6.07) is 11.0. The maximum absolute atomic E-state index is 12.5. The van der Waals surface area contributed by atoms with Crippen LogP contribution < -0.4 is 10.2 Å². The van der Waals surface area contributed by atoms with E-state index in [0.717, 1.165) is 30.4 Å². The molecule has 0 spiro atoms. The molecule has 0 radical (unpaired) electrons. The predicted molar refractivity (Wildman–Crippen MR) is 105 cm³/mol. The number of amides is 1. The Labute approximate surface area is 159 Å². The van der Waals surface area contributed by atoms with Crippen LogP contribution >= 0.6 is 0 Å². The molecular formula is C21H25N3O3. The summed E-state index contributed by atoms with van der Waals surface area (Å²) < 4.78 is 0. The van der Waals surface area contributed by atoms with Crippen molar-refractivity contribution >= 4 is 23.4 Å². The number of piperidine rings is 1. The van der Waals surface area contributed by atoms with E-state index >= 15 is 0 Å². The number of hydrogen-bond donors (Lipinski definition) is 2. The maximum Gasteiger partial charge on any atom is 0.303 e. The minimum absolute atomic E-state index is 0.0675. The van der Waals surface area contributed by atoms with Gasteiger partial charge in [-0.1, -0.05) is 19.1 Å². The van der Waals surface area contributed by atoms with E-state index < -0.39 is 5.97 Å². The van der Waals surface area contributed by atoms with Crippen molar-refractivity contribution in [3.63, 3.8) is 0 Å². The number of pyridine rings is 1. The van der Waals surface area contributed by atoms with E-state index in [2.05, 4.69) is 22.1 Å². The smallest absolute Gasteiger partial charge is 0.303 e. The Morgan fingerprint density at radius 3 is 2.67 bits per heavy atom. The van der Waals surface area contributed by atoms with Crippen LogP contribution in [0.5, 0.6) is 0 Å². The van der Waals surface area contributed by atoms with Crippen LogP contribution in [0.3, 0.4) is 0 Å². The molecule has 0 bridgehead atoms. The quantitative estimate of drug-likeness (QED) is 0.815. The number of rotatable bonds is 6. The van der Waals surface area contributed by atoms with Crippen LogP contribution in [-0.4, -0.2) is 35.1 Å². The first-order valence-corrected chi connectivity index (χ1v) is 9.34. The third kappa shape index (κ3) is 5.29. The van der Waals surface area contributed by atoms with Gasteiger partial charge in [0, 0.05) is 31.4 Å². The lowest BCUT2D eigenvalue weighted by atomic mass is 9.99. The van der Waals surface area contributed by atoms with E-state index in [1.807, 2.05) is 18.2 Å². The van der Waals surface area contributed by atoms with E-state index in [9.17, 15) is 9.59 Å². The van der Waals surface area contributed by atoms with Gasteiger partial charge in [0.25, 0.3) is 5.91 Å². The number of carboxylic acids is 1. The Bertz CT molecular complexity index is 797. The second-order valence-electron chi connectivity index (χ2n) is 7.12. The summed E-state index contributed by atoms with van der Waals surface area (Å²) in [4.78, 5) is 29.9. The molecule has 1 fully saturated rings. The number of carbonyl (C=O) groups is 2. The molecule has 2 aromatic rings. The highest BCUT2D eigenvalue weighted by Crippen LogP contribution is 2.21. The van der Waals surface area contributed by atoms with Gasteiger partial charge in [-0.25, -0.2) is 4.98 Å². The van der Waals surface area contributed by atoms with E-state index in [0.29, 0.717) is 17.7 Å². The number of aliphatic carboxylic acids is 1. The normalized spacial score (nSPS) is 14.8. The Hall–Kier alpha value is -2.89. The monoisotopic (exact) mass is 367 g/mol. The molecule has 0 unspecified atom stereocenters. The first-order valence-electron chi connectivity index (χ1n) is 9.34. The van der Waals surface area contributed by atoms with Crippen LogP contribution in [0.25, 0.3) is 0 Å². The first kappa shape index (κ1) is 18.9. The molecule has 2 N–H and O–H groups in total. The van der Waals surface area contributed by atoms with Crippen molar-refractivity contribution in [1.82, 2.24) is 4.98 Å². The average Bonchev–Trinajstić information content (AvgIpc) is 2.67. The minimum Gasteiger partial charge on any atom is -0.481 e. The molecule has 0 saturated carbocycles. The molecular weight excluding hydrogens is 342 g/mol. The number of nitrogens with one attached hydrogen (secondary N) is 1. The number of carboxylic acid groups (broad SMARTS) is 1. The number of hydrogen-bond acceptors (Lipinski definition) is 4. The molecule has 1 aliphatic rings. The van der Waals surface area contributed by atoms with Crippen molar-refractivity contribution in [3.05, 3.63) is 53.7 Å². The van der Waals surface area contributed by atoms with Crippen LogP contribution in [0, 0.1) is 5.92 Å². The highest BCUT2D eigenvalue weighted by molar-refractivity contribution is 6.04. The summed E-state index contributed by atoms with van der Waals surface area (Å²) in [6.45, 7) is 4.28. The zero-order valence-electron chi connectivity index (χ0n) is 15.5. The van der Waals surface area contributed by atoms with Crippen LogP contribution in [0.15, 0.2) is 42.6 Å². The molecule has 1 aromatic carbocycles. The largest absolute Gasteiger partial charge is 0.481 e. The molecule has 6 heteroatoms. The van der Waals surface area contributed by atoms with Gasteiger partial charge in [-0.3, -0.25) is 9.59 Å². The second kappa shape index (κ2) is 8.66. The van der Waals surface area contributed by atoms with Gasteiger partial charge >= 0.3 is 5.97 Å². The van der Waals surface area contributed by atoms with Gasteiger partial charge in [-0.05, 0) is 55.0 Å². The third-order valence-electron chi connectivity index (χ3n) is 4.93. The fourth-order valence-electron chi connectivity index (χ4n) is 3.20. The fourth-order valence-corrected chi connectivity index (χ4v) is 3.20. The van der Waals surface area contributed by atoms with Crippen molar-refractivity contribution in [2.24, 2.45) is 5.92 Å². The third-order valence-corrected chi connectivity index (χ3v) is 4.93. The molecule has 2 heterocycles. The zero-order valence-corrected chi connectivity index (χ0v) is 15.5. The fraction of sp³-hybridized carbons (Fsp3) is 0.381. The van der Waals surface area contributed by atoms with Gasteiger partial charge in [0.05, 0.1) is 5.56 Å². The van der Waals surface area contributed by atoms with Gasteiger partial charge in [-0.2, -0.15) is 0 Å². The zero-order chi connectivity index (χ0) is 19.2. The highest BCUT2D eigenvalue weighted by atomic mass is 16.4. The summed E-state index contributed by atoms with van der Waals surface area (Å²) >= 11 is 0. The van der Waals surface area contributed by atoms with E-state index in [4.69, 9.17) is 5.11 Å². The Balaban J connectivity index is 1.61. The molecule has 1 saturated heterocycles. The standard InChI is InChI=1S/C21H25N3O3/c1-15-9-11-24(12-10-15)19-7-6-17(14-22-19)21(27)23-18-4-2-3-16(13-18)5-8-20(25)26/h2-4,6-7,13-15H,5,8-12H2,1H3,(H,23,27)(H,25,26). The first-order chi connectivity index (χ1) is 13.0. The van der Waals surface area contributed by atoms with Crippen LogP contribution in [0.2, 0.25) is 0 Å². The van der Waals surface area contributed by atoms with E-state index in [1.165, 1.54) is 12.8 Å². The van der Waals surface area contributed by atoms with Crippen molar-refractivity contribution in [3.8, 4) is 0 Å². The predicted octanol–water partition coefficient (Wildman–Crippen LogP) is 3.59. The SMILES string of the molecule is CC1CCN(c2ccc(C(=O)Nc3cccc(CCC(=O)O)c3)cn2)CC1. The molecule has 3 rings (SSSR count). The second-order valence-corrected chi connectivity index (χ2v) is 7.12. The number of nitrogens with zero attached hydrogens (tertiary/aromatic N) is 2. The van der Waals surface area contributed by atoms with Crippen molar-refractivity contribution in [1.29, 1.82) is 0 Å². The van der Waals surface area contributed by atoms with Gasteiger partial charge in [-0.15, -0.1) is 0 Å². The highest BCUT2D eigenvalue weighted by Gasteiger charge is 2.17. The van der Waals surface area contributed by atoms with E-state index in [1.54, 1.807) is 24.4 Å². The van der Waals surface area contributed by atoms with Gasteiger partial charge in [0.1, 0.15) is 5.82 Å². The minimum atomic E-state index is -0.834. The summed E-state index contributed by atoms with van der Waals surface area (Å²) in [5, 5.41) is 11.6.